The monoisotopic (exact) mass is 204 g/mol. The standard InChI is InChI=1S/C9H20N2O3/c1-8(2)7-14-6-5-13-4-3-9(10)11-12/h8,12H,3-7H2,1-2H3,(H2,10,11). The Hall–Kier alpha value is -0.810. The van der Waals surface area contributed by atoms with Crippen LogP contribution in [0.15, 0.2) is 5.16 Å². The molecule has 0 aromatic carbocycles. The van der Waals surface area contributed by atoms with E-state index < -0.39 is 0 Å². The lowest BCUT2D eigenvalue weighted by molar-refractivity contribution is 0.0399. The number of hydrogen-bond donors (Lipinski definition) is 2. The van der Waals surface area contributed by atoms with Gasteiger partial charge in [-0.15, -0.1) is 0 Å². The Kier molecular flexibility index (Phi) is 8.27. The average Bonchev–Trinajstić information content (AvgIpc) is 2.15. The van der Waals surface area contributed by atoms with Crippen molar-refractivity contribution in [1.29, 1.82) is 0 Å². The quantitative estimate of drug-likeness (QED) is 0.202. The summed E-state index contributed by atoms with van der Waals surface area (Å²) in [7, 11) is 0. The van der Waals surface area contributed by atoms with E-state index in [1.165, 1.54) is 0 Å². The van der Waals surface area contributed by atoms with Crippen molar-refractivity contribution in [3.63, 3.8) is 0 Å². The number of oxime groups is 1. The third-order valence-corrected chi connectivity index (χ3v) is 1.45. The molecular formula is C9H20N2O3. The van der Waals surface area contributed by atoms with E-state index in [0.717, 1.165) is 6.61 Å². The van der Waals surface area contributed by atoms with Crippen LogP contribution in [0.3, 0.4) is 0 Å². The van der Waals surface area contributed by atoms with Crippen molar-refractivity contribution in [2.75, 3.05) is 26.4 Å². The second-order valence-corrected chi connectivity index (χ2v) is 3.42. The van der Waals surface area contributed by atoms with Crippen LogP contribution in [-0.2, 0) is 9.47 Å². The van der Waals surface area contributed by atoms with Crippen molar-refractivity contribution < 1.29 is 14.7 Å². The Bertz CT molecular complexity index is 160. The molecule has 5 heteroatoms. The van der Waals surface area contributed by atoms with Gasteiger partial charge in [-0.2, -0.15) is 0 Å². The zero-order valence-corrected chi connectivity index (χ0v) is 8.90. The van der Waals surface area contributed by atoms with Gasteiger partial charge in [-0.3, -0.25) is 0 Å². The molecule has 0 aromatic heterocycles. The molecule has 0 radical (unpaired) electrons. The Morgan fingerprint density at radius 3 is 2.50 bits per heavy atom. The zero-order valence-electron chi connectivity index (χ0n) is 8.90. The zero-order chi connectivity index (χ0) is 10.8. The van der Waals surface area contributed by atoms with E-state index in [0.29, 0.717) is 32.2 Å². The molecule has 0 atom stereocenters. The molecule has 5 nitrogen and oxygen atoms in total. The molecule has 0 aromatic rings. The maximum absolute atomic E-state index is 8.22. The minimum absolute atomic E-state index is 0.188. The number of nitrogens with two attached hydrogens (primary N) is 1. The van der Waals surface area contributed by atoms with Crippen molar-refractivity contribution >= 4 is 5.84 Å². The minimum atomic E-state index is 0.188. The second kappa shape index (κ2) is 8.77. The van der Waals surface area contributed by atoms with E-state index in [-0.39, 0.29) is 5.84 Å². The van der Waals surface area contributed by atoms with Crippen molar-refractivity contribution in [2.24, 2.45) is 16.8 Å². The first-order valence-electron chi connectivity index (χ1n) is 4.78. The topological polar surface area (TPSA) is 77.1 Å². The highest BCUT2D eigenvalue weighted by Gasteiger charge is 1.95. The van der Waals surface area contributed by atoms with E-state index >= 15 is 0 Å². The molecule has 84 valence electrons. The van der Waals surface area contributed by atoms with Crippen LogP contribution in [0.1, 0.15) is 20.3 Å². The van der Waals surface area contributed by atoms with Crippen LogP contribution in [-0.4, -0.2) is 37.5 Å². The fourth-order valence-corrected chi connectivity index (χ4v) is 0.766. The van der Waals surface area contributed by atoms with Gasteiger partial charge in [0.15, 0.2) is 0 Å². The highest BCUT2D eigenvalue weighted by atomic mass is 16.5. The largest absolute Gasteiger partial charge is 0.409 e. The van der Waals surface area contributed by atoms with Crippen LogP contribution in [0.2, 0.25) is 0 Å². The molecule has 0 unspecified atom stereocenters. The van der Waals surface area contributed by atoms with Gasteiger partial charge in [0.05, 0.1) is 19.8 Å². The van der Waals surface area contributed by atoms with E-state index in [1.807, 2.05) is 0 Å². The summed E-state index contributed by atoms with van der Waals surface area (Å²) in [6.45, 7) is 6.54. The van der Waals surface area contributed by atoms with Gasteiger partial charge in [0.1, 0.15) is 5.84 Å². The molecule has 0 rings (SSSR count). The van der Waals surface area contributed by atoms with Crippen molar-refractivity contribution in [3.05, 3.63) is 0 Å². The summed E-state index contributed by atoms with van der Waals surface area (Å²) in [5, 5.41) is 11.0. The highest BCUT2D eigenvalue weighted by Crippen LogP contribution is 1.92. The Morgan fingerprint density at radius 2 is 1.93 bits per heavy atom. The summed E-state index contributed by atoms with van der Waals surface area (Å²) < 4.78 is 10.5. The van der Waals surface area contributed by atoms with Gasteiger partial charge >= 0.3 is 0 Å². The molecule has 0 heterocycles. The van der Waals surface area contributed by atoms with Crippen molar-refractivity contribution in [3.8, 4) is 0 Å². The molecule has 0 aliphatic carbocycles. The summed E-state index contributed by atoms with van der Waals surface area (Å²) in [4.78, 5) is 0. The third-order valence-electron chi connectivity index (χ3n) is 1.45. The third kappa shape index (κ3) is 9.28. The first-order chi connectivity index (χ1) is 6.66. The average molecular weight is 204 g/mol. The molecule has 0 fully saturated rings. The summed E-state index contributed by atoms with van der Waals surface area (Å²) in [5.41, 5.74) is 5.24. The van der Waals surface area contributed by atoms with E-state index in [4.69, 9.17) is 20.4 Å². The summed E-state index contributed by atoms with van der Waals surface area (Å²) in [6.07, 6.45) is 0.445. The fourth-order valence-electron chi connectivity index (χ4n) is 0.766. The molecule has 0 spiro atoms. The van der Waals surface area contributed by atoms with E-state index in [9.17, 15) is 0 Å². The smallest absolute Gasteiger partial charge is 0.141 e. The Balaban J connectivity index is 3.07. The molecule has 3 N–H and O–H groups in total. The SMILES string of the molecule is CC(C)COCCOCCC(N)=NO. The van der Waals surface area contributed by atoms with Gasteiger partial charge in [-0.05, 0) is 5.92 Å². The number of amidine groups is 1. The minimum Gasteiger partial charge on any atom is -0.409 e. The van der Waals surface area contributed by atoms with Crippen LogP contribution >= 0.6 is 0 Å². The number of nitrogens with zero attached hydrogens (tertiary/aromatic N) is 1. The molecule has 0 aliphatic rings. The molecular weight excluding hydrogens is 184 g/mol. The predicted octanol–water partition coefficient (Wildman–Crippen LogP) is 0.812. The normalized spacial score (nSPS) is 12.4. The van der Waals surface area contributed by atoms with Crippen LogP contribution in [0.25, 0.3) is 0 Å². The van der Waals surface area contributed by atoms with Gasteiger partial charge in [0, 0.05) is 13.0 Å². The summed E-state index contributed by atoms with van der Waals surface area (Å²) in [5.74, 6) is 0.736. The Labute approximate surface area is 84.9 Å². The molecule has 0 saturated heterocycles. The van der Waals surface area contributed by atoms with Gasteiger partial charge in [-0.25, -0.2) is 0 Å². The van der Waals surface area contributed by atoms with Gasteiger partial charge in [0.2, 0.25) is 0 Å². The Morgan fingerprint density at radius 1 is 1.29 bits per heavy atom. The van der Waals surface area contributed by atoms with Crippen LogP contribution in [0, 0.1) is 5.92 Å². The first kappa shape index (κ1) is 13.2. The van der Waals surface area contributed by atoms with Crippen LogP contribution < -0.4 is 5.73 Å². The number of ether oxygens (including phenoxy) is 2. The number of rotatable bonds is 8. The van der Waals surface area contributed by atoms with Crippen molar-refractivity contribution in [1.82, 2.24) is 0 Å². The van der Waals surface area contributed by atoms with E-state index in [2.05, 4.69) is 19.0 Å². The molecule has 0 saturated carbocycles. The maximum atomic E-state index is 8.22. The molecule has 14 heavy (non-hydrogen) atoms. The molecule has 0 aliphatic heterocycles. The molecule has 0 bridgehead atoms. The van der Waals surface area contributed by atoms with Gasteiger partial charge in [-0.1, -0.05) is 19.0 Å². The second-order valence-electron chi connectivity index (χ2n) is 3.42. The van der Waals surface area contributed by atoms with Crippen molar-refractivity contribution in [2.45, 2.75) is 20.3 Å². The van der Waals surface area contributed by atoms with Crippen LogP contribution in [0.5, 0.6) is 0 Å². The first-order valence-corrected chi connectivity index (χ1v) is 4.78. The lowest BCUT2D eigenvalue weighted by Gasteiger charge is -2.07. The summed E-state index contributed by atoms with van der Waals surface area (Å²) >= 11 is 0. The molecule has 0 amide bonds. The summed E-state index contributed by atoms with van der Waals surface area (Å²) in [6, 6.07) is 0. The van der Waals surface area contributed by atoms with Gasteiger partial charge < -0.3 is 20.4 Å². The predicted molar refractivity (Wildman–Crippen MR) is 54.5 cm³/mol. The lowest BCUT2D eigenvalue weighted by Crippen LogP contribution is -2.16. The van der Waals surface area contributed by atoms with Gasteiger partial charge in [0.25, 0.3) is 0 Å². The maximum Gasteiger partial charge on any atom is 0.141 e. The fraction of sp³-hybridized carbons (Fsp3) is 0.889. The number of hydrogen-bond acceptors (Lipinski definition) is 4. The lowest BCUT2D eigenvalue weighted by atomic mass is 10.2. The van der Waals surface area contributed by atoms with Crippen LogP contribution in [0.4, 0.5) is 0 Å². The highest BCUT2D eigenvalue weighted by molar-refractivity contribution is 5.79. The van der Waals surface area contributed by atoms with E-state index in [1.54, 1.807) is 0 Å².